The van der Waals surface area contributed by atoms with E-state index in [0.29, 0.717) is 23.2 Å². The molecule has 0 aliphatic heterocycles. The summed E-state index contributed by atoms with van der Waals surface area (Å²) in [6.45, 7) is 5.24. The van der Waals surface area contributed by atoms with Crippen molar-refractivity contribution in [3.05, 3.63) is 23.8 Å². The summed E-state index contributed by atoms with van der Waals surface area (Å²) in [6.07, 6.45) is 3.25. The Morgan fingerprint density at radius 2 is 2.16 bits per heavy atom. The number of hydrogen-bond donors (Lipinski definition) is 3. The monoisotopic (exact) mass is 261 g/mol. The Morgan fingerprint density at radius 3 is 2.79 bits per heavy atom. The van der Waals surface area contributed by atoms with Crippen LogP contribution in [0.15, 0.2) is 18.2 Å². The van der Waals surface area contributed by atoms with Crippen LogP contribution >= 0.6 is 0 Å². The summed E-state index contributed by atoms with van der Waals surface area (Å²) >= 11 is 0. The van der Waals surface area contributed by atoms with Crippen LogP contribution in [0.1, 0.15) is 43.5 Å². The van der Waals surface area contributed by atoms with Crippen LogP contribution < -0.4 is 16.4 Å². The van der Waals surface area contributed by atoms with Crippen molar-refractivity contribution in [3.8, 4) is 0 Å². The SMILES string of the molecule is CC(C)CCNc1ccc(N)cc1C(=O)NC1CC1. The molecule has 1 aromatic rings. The van der Waals surface area contributed by atoms with Crippen molar-refractivity contribution < 1.29 is 4.79 Å². The molecular formula is C15H23N3O. The molecule has 1 aliphatic carbocycles. The predicted molar refractivity (Wildman–Crippen MR) is 79.3 cm³/mol. The van der Waals surface area contributed by atoms with Crippen LogP contribution in [-0.2, 0) is 0 Å². The van der Waals surface area contributed by atoms with Crippen molar-refractivity contribution in [1.29, 1.82) is 0 Å². The van der Waals surface area contributed by atoms with Crippen molar-refractivity contribution in [2.75, 3.05) is 17.6 Å². The van der Waals surface area contributed by atoms with E-state index < -0.39 is 0 Å². The second kappa shape index (κ2) is 5.95. The van der Waals surface area contributed by atoms with Gasteiger partial charge in [0.15, 0.2) is 0 Å². The zero-order chi connectivity index (χ0) is 13.8. The van der Waals surface area contributed by atoms with Crippen molar-refractivity contribution in [1.82, 2.24) is 5.32 Å². The number of amides is 1. The van der Waals surface area contributed by atoms with Crippen molar-refractivity contribution in [2.24, 2.45) is 5.92 Å². The highest BCUT2D eigenvalue weighted by Crippen LogP contribution is 2.23. The molecular weight excluding hydrogens is 238 g/mol. The van der Waals surface area contributed by atoms with E-state index in [2.05, 4.69) is 24.5 Å². The molecule has 1 amide bonds. The fourth-order valence-corrected chi connectivity index (χ4v) is 1.89. The van der Waals surface area contributed by atoms with Gasteiger partial charge in [-0.1, -0.05) is 13.8 Å². The van der Waals surface area contributed by atoms with Gasteiger partial charge in [-0.25, -0.2) is 0 Å². The molecule has 0 radical (unpaired) electrons. The number of nitrogens with two attached hydrogens (primary N) is 1. The Balaban J connectivity index is 2.05. The summed E-state index contributed by atoms with van der Waals surface area (Å²) in [4.78, 5) is 12.2. The lowest BCUT2D eigenvalue weighted by Gasteiger charge is -2.13. The molecule has 19 heavy (non-hydrogen) atoms. The van der Waals surface area contributed by atoms with Gasteiger partial charge in [0.05, 0.1) is 5.56 Å². The number of nitrogens with one attached hydrogen (secondary N) is 2. The van der Waals surface area contributed by atoms with Gasteiger partial charge in [0.2, 0.25) is 0 Å². The van der Waals surface area contributed by atoms with Gasteiger partial charge in [-0.2, -0.15) is 0 Å². The van der Waals surface area contributed by atoms with Crippen LogP contribution in [0, 0.1) is 5.92 Å². The van der Waals surface area contributed by atoms with Gasteiger partial charge in [0.25, 0.3) is 5.91 Å². The molecule has 4 N–H and O–H groups in total. The highest BCUT2D eigenvalue weighted by atomic mass is 16.1. The molecule has 0 atom stereocenters. The molecule has 1 aromatic carbocycles. The fraction of sp³-hybridized carbons (Fsp3) is 0.533. The summed E-state index contributed by atoms with van der Waals surface area (Å²) in [6, 6.07) is 5.82. The Kier molecular flexibility index (Phi) is 4.30. The largest absolute Gasteiger partial charge is 0.399 e. The number of rotatable bonds is 6. The van der Waals surface area contributed by atoms with Crippen LogP contribution in [0.4, 0.5) is 11.4 Å². The average Bonchev–Trinajstić information content (AvgIpc) is 3.14. The summed E-state index contributed by atoms with van der Waals surface area (Å²) < 4.78 is 0. The summed E-state index contributed by atoms with van der Waals surface area (Å²) in [7, 11) is 0. The minimum atomic E-state index is -0.0261. The highest BCUT2D eigenvalue weighted by Gasteiger charge is 2.24. The second-order valence-corrected chi connectivity index (χ2v) is 5.66. The van der Waals surface area contributed by atoms with E-state index in [1.807, 2.05) is 12.1 Å². The topological polar surface area (TPSA) is 67.1 Å². The third-order valence-corrected chi connectivity index (χ3v) is 3.24. The zero-order valence-corrected chi connectivity index (χ0v) is 11.7. The van der Waals surface area contributed by atoms with Crippen LogP contribution in [0.5, 0.6) is 0 Å². The number of anilines is 2. The lowest BCUT2D eigenvalue weighted by Crippen LogP contribution is -2.26. The normalized spacial score (nSPS) is 14.5. The van der Waals surface area contributed by atoms with Gasteiger partial charge in [-0.05, 0) is 43.4 Å². The highest BCUT2D eigenvalue weighted by molar-refractivity contribution is 6.00. The average molecular weight is 261 g/mol. The number of carbonyl (C=O) groups is 1. The van der Waals surface area contributed by atoms with Gasteiger partial charge in [-0.15, -0.1) is 0 Å². The summed E-state index contributed by atoms with van der Waals surface area (Å²) in [5, 5.41) is 6.33. The quantitative estimate of drug-likeness (QED) is 0.690. The number of benzene rings is 1. The molecule has 0 aromatic heterocycles. The molecule has 0 saturated heterocycles. The van der Waals surface area contributed by atoms with E-state index in [1.165, 1.54) is 0 Å². The van der Waals surface area contributed by atoms with Crippen molar-refractivity contribution >= 4 is 17.3 Å². The molecule has 1 aliphatic rings. The molecule has 4 nitrogen and oxygen atoms in total. The minimum absolute atomic E-state index is 0.0261. The van der Waals surface area contributed by atoms with Crippen LogP contribution in [0.3, 0.4) is 0 Å². The van der Waals surface area contributed by atoms with Gasteiger partial charge in [0.1, 0.15) is 0 Å². The fourth-order valence-electron chi connectivity index (χ4n) is 1.89. The first-order valence-electron chi connectivity index (χ1n) is 7.00. The Hall–Kier alpha value is -1.71. The van der Waals surface area contributed by atoms with E-state index in [0.717, 1.165) is 31.5 Å². The van der Waals surface area contributed by atoms with Gasteiger partial charge in [0, 0.05) is 24.0 Å². The predicted octanol–water partition coefficient (Wildman–Crippen LogP) is 2.62. The van der Waals surface area contributed by atoms with E-state index >= 15 is 0 Å². The van der Waals surface area contributed by atoms with Crippen LogP contribution in [-0.4, -0.2) is 18.5 Å². The Labute approximate surface area is 114 Å². The molecule has 0 heterocycles. The number of hydrogen-bond acceptors (Lipinski definition) is 3. The van der Waals surface area contributed by atoms with Gasteiger partial charge < -0.3 is 16.4 Å². The lowest BCUT2D eigenvalue weighted by atomic mass is 10.1. The summed E-state index contributed by atoms with van der Waals surface area (Å²) in [5.74, 6) is 0.617. The van der Waals surface area contributed by atoms with Gasteiger partial charge in [-0.3, -0.25) is 4.79 Å². The third-order valence-electron chi connectivity index (χ3n) is 3.24. The molecule has 4 heteroatoms. The first-order chi connectivity index (χ1) is 9.06. The van der Waals surface area contributed by atoms with E-state index in [9.17, 15) is 4.79 Å². The molecule has 0 unspecified atom stereocenters. The zero-order valence-electron chi connectivity index (χ0n) is 11.7. The lowest BCUT2D eigenvalue weighted by molar-refractivity contribution is 0.0952. The van der Waals surface area contributed by atoms with Gasteiger partial charge >= 0.3 is 0 Å². The molecule has 0 spiro atoms. The molecule has 2 rings (SSSR count). The molecule has 1 saturated carbocycles. The number of carbonyl (C=O) groups excluding carboxylic acids is 1. The maximum atomic E-state index is 12.2. The standard InChI is InChI=1S/C15H23N3O/c1-10(2)7-8-17-14-6-3-11(16)9-13(14)15(19)18-12-4-5-12/h3,6,9-10,12,17H,4-5,7-8,16H2,1-2H3,(H,18,19). The van der Waals surface area contributed by atoms with Crippen molar-refractivity contribution in [3.63, 3.8) is 0 Å². The first-order valence-corrected chi connectivity index (χ1v) is 7.00. The maximum absolute atomic E-state index is 12.2. The van der Waals surface area contributed by atoms with Crippen molar-refractivity contribution in [2.45, 2.75) is 39.2 Å². The van der Waals surface area contributed by atoms with Crippen LogP contribution in [0.25, 0.3) is 0 Å². The third kappa shape index (κ3) is 4.16. The maximum Gasteiger partial charge on any atom is 0.253 e. The first kappa shape index (κ1) is 13.7. The summed E-state index contributed by atoms with van der Waals surface area (Å²) in [5.41, 5.74) is 7.92. The Bertz CT molecular complexity index is 453. The van der Waals surface area contributed by atoms with E-state index in [4.69, 9.17) is 5.73 Å². The van der Waals surface area contributed by atoms with Crippen LogP contribution in [0.2, 0.25) is 0 Å². The second-order valence-electron chi connectivity index (χ2n) is 5.66. The van der Waals surface area contributed by atoms with E-state index in [-0.39, 0.29) is 5.91 Å². The Morgan fingerprint density at radius 1 is 1.42 bits per heavy atom. The smallest absolute Gasteiger partial charge is 0.253 e. The molecule has 104 valence electrons. The molecule has 0 bridgehead atoms. The molecule has 1 fully saturated rings. The minimum Gasteiger partial charge on any atom is -0.399 e. The number of nitrogen functional groups attached to an aromatic ring is 1. The van der Waals surface area contributed by atoms with E-state index in [1.54, 1.807) is 6.07 Å².